The quantitative estimate of drug-likeness (QED) is 0.853. The van der Waals surface area contributed by atoms with Gasteiger partial charge in [-0.2, -0.15) is 0 Å². The van der Waals surface area contributed by atoms with Gasteiger partial charge in [-0.15, -0.1) is 0 Å². The number of halogens is 1. The van der Waals surface area contributed by atoms with Gasteiger partial charge in [0.25, 0.3) is 0 Å². The number of nitrogens with one attached hydrogen (secondary N) is 1. The highest BCUT2D eigenvalue weighted by molar-refractivity contribution is 7.89. The topological polar surface area (TPSA) is 75.6 Å². The Morgan fingerprint density at radius 1 is 1.26 bits per heavy atom. The van der Waals surface area contributed by atoms with E-state index < -0.39 is 21.4 Å². The lowest BCUT2D eigenvalue weighted by Crippen LogP contribution is -2.46. The van der Waals surface area contributed by atoms with Crippen molar-refractivity contribution in [1.82, 2.24) is 4.72 Å². The molecule has 1 aliphatic heterocycles. The Kier molecular flexibility index (Phi) is 4.19. The lowest BCUT2D eigenvalue weighted by molar-refractivity contribution is -0.0588. The summed E-state index contributed by atoms with van der Waals surface area (Å²) in [5, 5.41) is 10.2. The van der Waals surface area contributed by atoms with Crippen LogP contribution in [0.1, 0.15) is 12.8 Å². The fraction of sp³-hybridized carbons (Fsp3) is 0.500. The number of benzene rings is 1. The van der Waals surface area contributed by atoms with E-state index >= 15 is 0 Å². The Bertz CT molecular complexity index is 523. The van der Waals surface area contributed by atoms with Crippen molar-refractivity contribution < 1.29 is 22.7 Å². The van der Waals surface area contributed by atoms with E-state index in [1.807, 2.05) is 0 Å². The molecule has 1 saturated heterocycles. The van der Waals surface area contributed by atoms with Crippen LogP contribution < -0.4 is 4.72 Å². The molecule has 0 spiro atoms. The van der Waals surface area contributed by atoms with E-state index in [4.69, 9.17) is 4.74 Å². The molecule has 1 aliphatic rings. The minimum atomic E-state index is -3.73. The number of aliphatic hydroxyl groups is 1. The normalized spacial score (nSPS) is 19.3. The molecule has 0 unspecified atom stereocenters. The summed E-state index contributed by atoms with van der Waals surface area (Å²) in [4.78, 5) is -0.0236. The van der Waals surface area contributed by atoms with E-state index in [-0.39, 0.29) is 11.4 Å². The molecule has 1 aromatic carbocycles. The van der Waals surface area contributed by atoms with Crippen molar-refractivity contribution in [2.45, 2.75) is 23.3 Å². The van der Waals surface area contributed by atoms with Gasteiger partial charge in [-0.3, -0.25) is 0 Å². The van der Waals surface area contributed by atoms with E-state index in [0.29, 0.717) is 26.1 Å². The highest BCUT2D eigenvalue weighted by Gasteiger charge is 2.31. The van der Waals surface area contributed by atoms with Gasteiger partial charge in [0, 0.05) is 32.6 Å². The first-order valence-electron chi connectivity index (χ1n) is 5.97. The van der Waals surface area contributed by atoms with Crippen molar-refractivity contribution in [3.8, 4) is 0 Å². The summed E-state index contributed by atoms with van der Waals surface area (Å²) in [6.07, 6.45) is 0.776. The third-order valence-electron chi connectivity index (χ3n) is 3.14. The molecule has 7 heteroatoms. The maximum atomic E-state index is 12.7. The molecule has 0 bridgehead atoms. The van der Waals surface area contributed by atoms with Gasteiger partial charge >= 0.3 is 0 Å². The lowest BCUT2D eigenvalue weighted by Gasteiger charge is -2.31. The highest BCUT2D eigenvalue weighted by atomic mass is 32.2. The van der Waals surface area contributed by atoms with Crippen molar-refractivity contribution in [1.29, 1.82) is 0 Å². The Balaban J connectivity index is 2.03. The molecule has 1 aromatic rings. The molecule has 1 fully saturated rings. The van der Waals surface area contributed by atoms with Gasteiger partial charge in [0.2, 0.25) is 10.0 Å². The summed E-state index contributed by atoms with van der Waals surface area (Å²) in [6.45, 7) is 0.750. The Hall–Kier alpha value is -1.02. The number of sulfonamides is 1. The second-order valence-corrected chi connectivity index (χ2v) is 6.38. The van der Waals surface area contributed by atoms with Crippen LogP contribution in [0.4, 0.5) is 4.39 Å². The smallest absolute Gasteiger partial charge is 0.240 e. The van der Waals surface area contributed by atoms with Crippen LogP contribution in [0.5, 0.6) is 0 Å². The Morgan fingerprint density at radius 3 is 2.42 bits per heavy atom. The maximum Gasteiger partial charge on any atom is 0.240 e. The molecule has 19 heavy (non-hydrogen) atoms. The Labute approximate surface area is 111 Å². The zero-order valence-electron chi connectivity index (χ0n) is 10.3. The fourth-order valence-electron chi connectivity index (χ4n) is 1.85. The van der Waals surface area contributed by atoms with Crippen LogP contribution in [-0.4, -0.2) is 38.9 Å². The van der Waals surface area contributed by atoms with Gasteiger partial charge in [0.05, 0.1) is 10.5 Å². The molecule has 0 saturated carbocycles. The maximum absolute atomic E-state index is 12.7. The van der Waals surface area contributed by atoms with Gasteiger partial charge in [-0.05, 0) is 24.3 Å². The molecule has 5 nitrogen and oxygen atoms in total. The minimum absolute atomic E-state index is 0.0236. The molecule has 0 atom stereocenters. The largest absolute Gasteiger partial charge is 0.388 e. The van der Waals surface area contributed by atoms with Crippen molar-refractivity contribution >= 4 is 10.0 Å². The average Bonchev–Trinajstić information content (AvgIpc) is 2.38. The fourth-order valence-corrected chi connectivity index (χ4v) is 2.97. The SMILES string of the molecule is O=S(=O)(NCC1(O)CCOCC1)c1ccc(F)cc1. The van der Waals surface area contributed by atoms with E-state index in [2.05, 4.69) is 4.72 Å². The minimum Gasteiger partial charge on any atom is -0.388 e. The predicted octanol–water partition coefficient (Wildman–Crippen LogP) is 0.645. The molecule has 0 aliphatic carbocycles. The zero-order valence-corrected chi connectivity index (χ0v) is 11.1. The van der Waals surface area contributed by atoms with Crippen LogP contribution in [0.2, 0.25) is 0 Å². The van der Waals surface area contributed by atoms with Gasteiger partial charge in [0.15, 0.2) is 0 Å². The van der Waals surface area contributed by atoms with Crippen molar-refractivity contribution in [2.75, 3.05) is 19.8 Å². The molecule has 106 valence electrons. The van der Waals surface area contributed by atoms with Crippen molar-refractivity contribution in [3.63, 3.8) is 0 Å². The van der Waals surface area contributed by atoms with Crippen molar-refractivity contribution in [3.05, 3.63) is 30.1 Å². The van der Waals surface area contributed by atoms with Crippen LogP contribution in [0, 0.1) is 5.82 Å². The third-order valence-corrected chi connectivity index (χ3v) is 4.56. The van der Waals surface area contributed by atoms with E-state index in [9.17, 15) is 17.9 Å². The number of rotatable bonds is 4. The summed E-state index contributed by atoms with van der Waals surface area (Å²) in [5.74, 6) is -0.498. The third kappa shape index (κ3) is 3.73. The molecule has 2 N–H and O–H groups in total. The molecule has 0 amide bonds. The molecular formula is C12H16FNO4S. The van der Waals surface area contributed by atoms with Gasteiger partial charge in [0.1, 0.15) is 5.82 Å². The van der Waals surface area contributed by atoms with Crippen LogP contribution in [-0.2, 0) is 14.8 Å². The first-order valence-corrected chi connectivity index (χ1v) is 7.45. The first kappa shape index (κ1) is 14.4. The molecular weight excluding hydrogens is 273 g/mol. The summed E-state index contributed by atoms with van der Waals surface area (Å²) >= 11 is 0. The van der Waals surface area contributed by atoms with E-state index in [0.717, 1.165) is 12.1 Å². The van der Waals surface area contributed by atoms with Crippen LogP contribution in [0.3, 0.4) is 0 Å². The Morgan fingerprint density at radius 2 is 1.84 bits per heavy atom. The summed E-state index contributed by atoms with van der Waals surface area (Å²) in [6, 6.07) is 4.53. The molecule has 0 aromatic heterocycles. The van der Waals surface area contributed by atoms with E-state index in [1.54, 1.807) is 0 Å². The van der Waals surface area contributed by atoms with Crippen molar-refractivity contribution in [2.24, 2.45) is 0 Å². The molecule has 0 radical (unpaired) electrons. The standard InChI is InChI=1S/C12H16FNO4S/c13-10-1-3-11(4-2-10)19(16,17)14-9-12(15)5-7-18-8-6-12/h1-4,14-15H,5-9H2. The van der Waals surface area contributed by atoms with Gasteiger partial charge in [-0.25, -0.2) is 17.5 Å². The van der Waals surface area contributed by atoms with Crippen LogP contribution >= 0.6 is 0 Å². The van der Waals surface area contributed by atoms with Gasteiger partial charge < -0.3 is 9.84 Å². The number of hydrogen-bond acceptors (Lipinski definition) is 4. The van der Waals surface area contributed by atoms with Crippen LogP contribution in [0.15, 0.2) is 29.2 Å². The second kappa shape index (κ2) is 5.54. The lowest BCUT2D eigenvalue weighted by atomic mass is 9.95. The molecule has 2 rings (SSSR count). The monoisotopic (exact) mass is 289 g/mol. The molecule has 1 heterocycles. The zero-order chi connectivity index (χ0) is 13.9. The van der Waals surface area contributed by atoms with E-state index in [1.165, 1.54) is 12.1 Å². The average molecular weight is 289 g/mol. The predicted molar refractivity (Wildman–Crippen MR) is 66.6 cm³/mol. The number of hydrogen-bond donors (Lipinski definition) is 2. The highest BCUT2D eigenvalue weighted by Crippen LogP contribution is 2.20. The van der Waals surface area contributed by atoms with Crippen LogP contribution in [0.25, 0.3) is 0 Å². The summed E-state index contributed by atoms with van der Waals surface area (Å²) in [7, 11) is -3.73. The van der Waals surface area contributed by atoms with Gasteiger partial charge in [-0.1, -0.05) is 0 Å². The summed E-state index contributed by atoms with van der Waals surface area (Å²) in [5.41, 5.74) is -1.08. The first-order chi connectivity index (χ1) is 8.91. The number of ether oxygens (including phenoxy) is 1. The summed E-state index contributed by atoms with van der Waals surface area (Å²) < 4.78 is 44.1. The second-order valence-electron chi connectivity index (χ2n) is 4.62.